The van der Waals surface area contributed by atoms with Gasteiger partial charge in [-0.25, -0.2) is 4.98 Å². The number of halogens is 1. The summed E-state index contributed by atoms with van der Waals surface area (Å²) < 4.78 is 0. The molecule has 0 saturated carbocycles. The SMILES string of the molecule is CC1C(=O)NCCN1C(=O)c1cccc(N)n1.Cl. The molecular weight excluding hydrogens is 256 g/mol. The Morgan fingerprint density at radius 2 is 2.28 bits per heavy atom. The van der Waals surface area contributed by atoms with E-state index in [1.54, 1.807) is 25.1 Å². The van der Waals surface area contributed by atoms with Crippen LogP contribution in [0.25, 0.3) is 0 Å². The number of hydrogen-bond acceptors (Lipinski definition) is 4. The highest BCUT2D eigenvalue weighted by atomic mass is 35.5. The Morgan fingerprint density at radius 1 is 1.56 bits per heavy atom. The maximum atomic E-state index is 12.1. The average molecular weight is 271 g/mol. The quantitative estimate of drug-likeness (QED) is 0.754. The fraction of sp³-hybridized carbons (Fsp3) is 0.364. The number of nitrogens with one attached hydrogen (secondary N) is 1. The lowest BCUT2D eigenvalue weighted by atomic mass is 10.2. The first-order valence-electron chi connectivity index (χ1n) is 5.41. The van der Waals surface area contributed by atoms with Crippen molar-refractivity contribution in [3.8, 4) is 0 Å². The predicted octanol–water partition coefficient (Wildman–Crippen LogP) is 0.0461. The minimum Gasteiger partial charge on any atom is -0.384 e. The number of nitrogens with zero attached hydrogens (tertiary/aromatic N) is 2. The number of carbonyl (C=O) groups excluding carboxylic acids is 2. The number of nitrogen functional groups attached to an aromatic ring is 1. The van der Waals surface area contributed by atoms with Gasteiger partial charge in [0.15, 0.2) is 0 Å². The zero-order valence-corrected chi connectivity index (χ0v) is 10.7. The lowest BCUT2D eigenvalue weighted by Crippen LogP contribution is -2.55. The van der Waals surface area contributed by atoms with Crippen molar-refractivity contribution >= 4 is 30.0 Å². The van der Waals surface area contributed by atoms with Crippen LogP contribution in [0.3, 0.4) is 0 Å². The van der Waals surface area contributed by atoms with Crippen molar-refractivity contribution in [2.45, 2.75) is 13.0 Å². The second-order valence-corrected chi connectivity index (χ2v) is 3.91. The first kappa shape index (κ1) is 14.2. The maximum absolute atomic E-state index is 12.1. The molecule has 1 atom stereocenters. The van der Waals surface area contributed by atoms with Gasteiger partial charge in [0.2, 0.25) is 5.91 Å². The van der Waals surface area contributed by atoms with Crippen LogP contribution in [-0.2, 0) is 4.79 Å². The first-order valence-corrected chi connectivity index (χ1v) is 5.41. The molecule has 6 nitrogen and oxygen atoms in total. The van der Waals surface area contributed by atoms with Crippen LogP contribution in [0.1, 0.15) is 17.4 Å². The summed E-state index contributed by atoms with van der Waals surface area (Å²) in [5.74, 6) is -0.113. The van der Waals surface area contributed by atoms with Gasteiger partial charge in [-0.15, -0.1) is 12.4 Å². The van der Waals surface area contributed by atoms with E-state index in [0.29, 0.717) is 18.9 Å². The van der Waals surface area contributed by atoms with E-state index in [1.165, 1.54) is 4.90 Å². The van der Waals surface area contributed by atoms with Crippen molar-refractivity contribution in [1.29, 1.82) is 0 Å². The molecule has 1 aromatic rings. The first-order chi connectivity index (χ1) is 8.09. The highest BCUT2D eigenvalue weighted by molar-refractivity contribution is 5.96. The number of hydrogen-bond donors (Lipinski definition) is 2. The largest absolute Gasteiger partial charge is 0.384 e. The summed E-state index contributed by atoms with van der Waals surface area (Å²) in [7, 11) is 0. The molecule has 3 N–H and O–H groups in total. The standard InChI is InChI=1S/C11H14N4O2.ClH/c1-7-10(16)13-5-6-15(7)11(17)8-3-2-4-9(12)14-8;/h2-4,7H,5-6H2,1H3,(H2,12,14)(H,13,16);1H. The van der Waals surface area contributed by atoms with Gasteiger partial charge in [-0.05, 0) is 19.1 Å². The van der Waals surface area contributed by atoms with Crippen molar-refractivity contribution in [2.24, 2.45) is 0 Å². The van der Waals surface area contributed by atoms with E-state index in [-0.39, 0.29) is 29.9 Å². The van der Waals surface area contributed by atoms with Crippen molar-refractivity contribution in [1.82, 2.24) is 15.2 Å². The Balaban J connectivity index is 0.00000162. The Hall–Kier alpha value is -1.82. The summed E-state index contributed by atoms with van der Waals surface area (Å²) in [6, 6.07) is 4.41. The van der Waals surface area contributed by atoms with Gasteiger partial charge in [0.05, 0.1) is 0 Å². The minimum atomic E-state index is -0.473. The molecule has 0 radical (unpaired) electrons. The third kappa shape index (κ3) is 2.70. The molecule has 1 aliphatic rings. The summed E-state index contributed by atoms with van der Waals surface area (Å²) in [4.78, 5) is 29.1. The van der Waals surface area contributed by atoms with Crippen LogP contribution in [0.2, 0.25) is 0 Å². The molecule has 1 aromatic heterocycles. The van der Waals surface area contributed by atoms with E-state index in [0.717, 1.165) is 0 Å². The van der Waals surface area contributed by atoms with E-state index in [4.69, 9.17) is 5.73 Å². The van der Waals surface area contributed by atoms with Gasteiger partial charge < -0.3 is 16.0 Å². The highest BCUT2D eigenvalue weighted by Gasteiger charge is 2.30. The van der Waals surface area contributed by atoms with Crippen LogP contribution < -0.4 is 11.1 Å². The van der Waals surface area contributed by atoms with Gasteiger partial charge in [-0.2, -0.15) is 0 Å². The molecule has 1 aliphatic heterocycles. The second kappa shape index (κ2) is 5.68. The number of piperazine rings is 1. The van der Waals surface area contributed by atoms with Gasteiger partial charge in [0, 0.05) is 13.1 Å². The van der Waals surface area contributed by atoms with E-state index < -0.39 is 6.04 Å². The van der Waals surface area contributed by atoms with Crippen LogP contribution in [-0.4, -0.2) is 40.8 Å². The molecule has 7 heteroatoms. The molecule has 1 saturated heterocycles. The van der Waals surface area contributed by atoms with Crippen LogP contribution in [0.4, 0.5) is 5.82 Å². The molecule has 18 heavy (non-hydrogen) atoms. The second-order valence-electron chi connectivity index (χ2n) is 3.91. The highest BCUT2D eigenvalue weighted by Crippen LogP contribution is 2.10. The normalized spacial score (nSPS) is 18.8. The molecule has 0 spiro atoms. The van der Waals surface area contributed by atoms with Gasteiger partial charge in [0.25, 0.3) is 5.91 Å². The fourth-order valence-electron chi connectivity index (χ4n) is 1.78. The van der Waals surface area contributed by atoms with Crippen molar-refractivity contribution in [3.05, 3.63) is 23.9 Å². The monoisotopic (exact) mass is 270 g/mol. The summed E-state index contributed by atoms with van der Waals surface area (Å²) in [6.07, 6.45) is 0. The number of carbonyl (C=O) groups is 2. The molecule has 98 valence electrons. The average Bonchev–Trinajstić information content (AvgIpc) is 2.32. The van der Waals surface area contributed by atoms with Crippen molar-refractivity contribution in [2.75, 3.05) is 18.8 Å². The number of rotatable bonds is 1. The molecule has 1 fully saturated rings. The third-order valence-corrected chi connectivity index (χ3v) is 2.75. The van der Waals surface area contributed by atoms with E-state index >= 15 is 0 Å². The third-order valence-electron chi connectivity index (χ3n) is 2.75. The number of pyridine rings is 1. The number of aromatic nitrogens is 1. The molecule has 0 aliphatic carbocycles. The minimum absolute atomic E-state index is 0. The Morgan fingerprint density at radius 3 is 2.94 bits per heavy atom. The summed E-state index contributed by atoms with van der Waals surface area (Å²) in [6.45, 7) is 2.65. The van der Waals surface area contributed by atoms with Gasteiger partial charge in [-0.1, -0.05) is 6.07 Å². The smallest absolute Gasteiger partial charge is 0.273 e. The van der Waals surface area contributed by atoms with E-state index in [1.807, 2.05) is 0 Å². The van der Waals surface area contributed by atoms with Crippen LogP contribution in [0.15, 0.2) is 18.2 Å². The Labute approximate surface area is 111 Å². The van der Waals surface area contributed by atoms with Gasteiger partial charge in [0.1, 0.15) is 17.6 Å². The maximum Gasteiger partial charge on any atom is 0.273 e. The molecule has 2 rings (SSSR count). The number of amides is 2. The van der Waals surface area contributed by atoms with Gasteiger partial charge in [-0.3, -0.25) is 9.59 Å². The molecule has 0 bridgehead atoms. The molecule has 0 aromatic carbocycles. The summed E-state index contributed by atoms with van der Waals surface area (Å²) >= 11 is 0. The van der Waals surface area contributed by atoms with E-state index in [2.05, 4.69) is 10.3 Å². The molecule has 2 amide bonds. The lowest BCUT2D eigenvalue weighted by molar-refractivity contribution is -0.127. The zero-order chi connectivity index (χ0) is 12.4. The lowest BCUT2D eigenvalue weighted by Gasteiger charge is -2.32. The van der Waals surface area contributed by atoms with Crippen LogP contribution in [0, 0.1) is 0 Å². The van der Waals surface area contributed by atoms with E-state index in [9.17, 15) is 9.59 Å². The number of nitrogens with two attached hydrogens (primary N) is 1. The molecular formula is C11H15ClN4O2. The molecule has 1 unspecified atom stereocenters. The van der Waals surface area contributed by atoms with Crippen molar-refractivity contribution < 1.29 is 9.59 Å². The number of anilines is 1. The summed E-state index contributed by atoms with van der Waals surface area (Å²) in [5.41, 5.74) is 5.80. The Bertz CT molecular complexity index is 466. The predicted molar refractivity (Wildman–Crippen MR) is 69.4 cm³/mol. The van der Waals surface area contributed by atoms with Gasteiger partial charge >= 0.3 is 0 Å². The molecule has 2 heterocycles. The fourth-order valence-corrected chi connectivity index (χ4v) is 1.78. The summed E-state index contributed by atoms with van der Waals surface area (Å²) in [5, 5.41) is 2.70. The van der Waals surface area contributed by atoms with Crippen LogP contribution >= 0.6 is 12.4 Å². The topological polar surface area (TPSA) is 88.3 Å². The van der Waals surface area contributed by atoms with Crippen LogP contribution in [0.5, 0.6) is 0 Å². The zero-order valence-electron chi connectivity index (χ0n) is 9.92. The Kier molecular flexibility index (Phi) is 4.49. The van der Waals surface area contributed by atoms with Crippen molar-refractivity contribution in [3.63, 3.8) is 0 Å².